The molecule has 0 spiro atoms. The van der Waals surface area contributed by atoms with Crippen LogP contribution in [-0.4, -0.2) is 43.4 Å². The van der Waals surface area contributed by atoms with Crippen LogP contribution in [0.25, 0.3) is 0 Å². The van der Waals surface area contributed by atoms with E-state index in [1.54, 1.807) is 11.9 Å². The summed E-state index contributed by atoms with van der Waals surface area (Å²) in [6, 6.07) is 9.83. The van der Waals surface area contributed by atoms with Crippen molar-refractivity contribution in [1.82, 2.24) is 15.5 Å². The second-order valence-corrected chi connectivity index (χ2v) is 4.52. The maximum atomic E-state index is 12.1. The van der Waals surface area contributed by atoms with E-state index in [9.17, 15) is 9.59 Å². The topological polar surface area (TPSA) is 61.4 Å². The van der Waals surface area contributed by atoms with Crippen molar-refractivity contribution in [1.29, 1.82) is 0 Å². The molecular weight excluding hydrogens is 254 g/mol. The quantitative estimate of drug-likeness (QED) is 0.737. The second-order valence-electron chi connectivity index (χ2n) is 4.52. The number of rotatable bonds is 8. The van der Waals surface area contributed by atoms with Crippen LogP contribution in [0.2, 0.25) is 0 Å². The number of likely N-dealkylation sites (N-methyl/N-ethyl adjacent to an activating group) is 1. The van der Waals surface area contributed by atoms with Gasteiger partial charge in [0.25, 0.3) is 0 Å². The van der Waals surface area contributed by atoms with Gasteiger partial charge in [-0.25, -0.2) is 0 Å². The van der Waals surface area contributed by atoms with Crippen molar-refractivity contribution >= 4 is 11.8 Å². The molecule has 1 rings (SSSR count). The largest absolute Gasteiger partial charge is 0.347 e. The molecule has 20 heavy (non-hydrogen) atoms. The van der Waals surface area contributed by atoms with Crippen LogP contribution in [0.1, 0.15) is 18.9 Å². The summed E-state index contributed by atoms with van der Waals surface area (Å²) in [4.78, 5) is 25.2. The standard InChI is InChI=1S/C15H23N3O2/c1-3-18(12-13-7-5-4-6-8-13)15(20)11-17-14(19)9-10-16-2/h4-8,16H,3,9-12H2,1-2H3,(H,17,19). The number of hydrogen-bond acceptors (Lipinski definition) is 3. The second kappa shape index (κ2) is 9.09. The number of carbonyl (C=O) groups is 2. The number of carbonyl (C=O) groups excluding carboxylic acids is 2. The Hall–Kier alpha value is -1.88. The Morgan fingerprint density at radius 1 is 1.20 bits per heavy atom. The number of benzene rings is 1. The summed E-state index contributed by atoms with van der Waals surface area (Å²) < 4.78 is 0. The molecule has 0 unspecified atom stereocenters. The predicted octanol–water partition coefficient (Wildman–Crippen LogP) is 0.761. The highest BCUT2D eigenvalue weighted by Crippen LogP contribution is 2.04. The van der Waals surface area contributed by atoms with Crippen molar-refractivity contribution in [2.75, 3.05) is 26.7 Å². The molecular formula is C15H23N3O2. The molecule has 5 heteroatoms. The van der Waals surface area contributed by atoms with Gasteiger partial charge in [0.1, 0.15) is 0 Å². The first-order valence-corrected chi connectivity index (χ1v) is 6.90. The average Bonchev–Trinajstić information content (AvgIpc) is 2.49. The van der Waals surface area contributed by atoms with E-state index in [4.69, 9.17) is 0 Å². The lowest BCUT2D eigenvalue weighted by atomic mass is 10.2. The number of nitrogens with one attached hydrogen (secondary N) is 2. The average molecular weight is 277 g/mol. The van der Waals surface area contributed by atoms with Crippen LogP contribution in [0.4, 0.5) is 0 Å². The minimum absolute atomic E-state index is 0.0588. The molecule has 0 aliphatic heterocycles. The molecule has 110 valence electrons. The maximum Gasteiger partial charge on any atom is 0.242 e. The molecule has 0 aliphatic carbocycles. The summed E-state index contributed by atoms with van der Waals surface area (Å²) in [6.07, 6.45) is 0.384. The van der Waals surface area contributed by atoms with Gasteiger partial charge >= 0.3 is 0 Å². The van der Waals surface area contributed by atoms with E-state index < -0.39 is 0 Å². The molecule has 0 radical (unpaired) electrons. The van der Waals surface area contributed by atoms with Gasteiger partial charge in [-0.3, -0.25) is 9.59 Å². The predicted molar refractivity (Wildman–Crippen MR) is 79.1 cm³/mol. The molecule has 5 nitrogen and oxygen atoms in total. The molecule has 0 aromatic heterocycles. The molecule has 0 saturated heterocycles. The Labute approximate surface area is 120 Å². The zero-order valence-corrected chi connectivity index (χ0v) is 12.2. The zero-order valence-electron chi connectivity index (χ0n) is 12.2. The van der Waals surface area contributed by atoms with E-state index in [1.807, 2.05) is 37.3 Å². The fourth-order valence-electron chi connectivity index (χ4n) is 1.79. The Morgan fingerprint density at radius 2 is 1.90 bits per heavy atom. The van der Waals surface area contributed by atoms with Crippen LogP contribution in [-0.2, 0) is 16.1 Å². The van der Waals surface area contributed by atoms with Gasteiger partial charge in [-0.15, -0.1) is 0 Å². The smallest absolute Gasteiger partial charge is 0.242 e. The van der Waals surface area contributed by atoms with Crippen LogP contribution in [0, 0.1) is 0 Å². The summed E-state index contributed by atoms with van der Waals surface area (Å²) in [7, 11) is 1.79. The highest BCUT2D eigenvalue weighted by atomic mass is 16.2. The normalized spacial score (nSPS) is 10.1. The van der Waals surface area contributed by atoms with Gasteiger partial charge in [0.15, 0.2) is 0 Å². The van der Waals surface area contributed by atoms with E-state index in [2.05, 4.69) is 10.6 Å². The van der Waals surface area contributed by atoms with Gasteiger partial charge in [-0.05, 0) is 19.5 Å². The first-order valence-electron chi connectivity index (χ1n) is 6.90. The van der Waals surface area contributed by atoms with E-state index >= 15 is 0 Å². The van der Waals surface area contributed by atoms with Crippen molar-refractivity contribution in [2.45, 2.75) is 19.9 Å². The summed E-state index contributed by atoms with van der Waals surface area (Å²) in [5.74, 6) is -0.169. The third kappa shape index (κ3) is 5.84. The summed E-state index contributed by atoms with van der Waals surface area (Å²) in [5, 5.41) is 5.54. The van der Waals surface area contributed by atoms with Gasteiger partial charge in [-0.1, -0.05) is 30.3 Å². The Kier molecular flexibility index (Phi) is 7.35. The van der Waals surface area contributed by atoms with Gasteiger partial charge in [0.2, 0.25) is 11.8 Å². The first kappa shape index (κ1) is 16.2. The van der Waals surface area contributed by atoms with Crippen LogP contribution in [0.15, 0.2) is 30.3 Å². The maximum absolute atomic E-state index is 12.1. The lowest BCUT2D eigenvalue weighted by molar-refractivity contribution is -0.133. The summed E-state index contributed by atoms with van der Waals surface area (Å²) in [5.41, 5.74) is 1.09. The highest BCUT2D eigenvalue weighted by Gasteiger charge is 2.12. The van der Waals surface area contributed by atoms with Crippen molar-refractivity contribution in [2.24, 2.45) is 0 Å². The van der Waals surface area contributed by atoms with Crippen molar-refractivity contribution in [3.05, 3.63) is 35.9 Å². The van der Waals surface area contributed by atoms with Crippen LogP contribution in [0.3, 0.4) is 0 Å². The molecule has 0 aliphatic rings. The van der Waals surface area contributed by atoms with Gasteiger partial charge in [0, 0.05) is 26.1 Å². The fraction of sp³-hybridized carbons (Fsp3) is 0.467. The molecule has 2 amide bonds. The van der Waals surface area contributed by atoms with Crippen LogP contribution < -0.4 is 10.6 Å². The highest BCUT2D eigenvalue weighted by molar-refractivity contribution is 5.84. The molecule has 0 saturated carbocycles. The van der Waals surface area contributed by atoms with Crippen LogP contribution >= 0.6 is 0 Å². The Balaban J connectivity index is 2.41. The monoisotopic (exact) mass is 277 g/mol. The molecule has 0 fully saturated rings. The fourth-order valence-corrected chi connectivity index (χ4v) is 1.79. The Morgan fingerprint density at radius 3 is 2.50 bits per heavy atom. The first-order chi connectivity index (χ1) is 9.67. The van der Waals surface area contributed by atoms with Crippen molar-refractivity contribution in [3.8, 4) is 0 Å². The van der Waals surface area contributed by atoms with Crippen LogP contribution in [0.5, 0.6) is 0 Å². The minimum atomic E-state index is -0.108. The minimum Gasteiger partial charge on any atom is -0.347 e. The van der Waals surface area contributed by atoms with Crippen molar-refractivity contribution < 1.29 is 9.59 Å². The van der Waals surface area contributed by atoms with E-state index in [0.717, 1.165) is 5.56 Å². The third-order valence-corrected chi connectivity index (χ3v) is 2.99. The van der Waals surface area contributed by atoms with E-state index in [1.165, 1.54) is 0 Å². The lowest BCUT2D eigenvalue weighted by Gasteiger charge is -2.21. The van der Waals surface area contributed by atoms with E-state index in [-0.39, 0.29) is 18.4 Å². The summed E-state index contributed by atoms with van der Waals surface area (Å²) >= 11 is 0. The molecule has 1 aromatic rings. The number of nitrogens with zero attached hydrogens (tertiary/aromatic N) is 1. The Bertz CT molecular complexity index is 420. The third-order valence-electron chi connectivity index (χ3n) is 2.99. The molecule has 0 bridgehead atoms. The summed E-state index contributed by atoms with van der Waals surface area (Å²) in [6.45, 7) is 3.80. The molecule has 1 aromatic carbocycles. The SMILES string of the molecule is CCN(Cc1ccccc1)C(=O)CNC(=O)CCNC. The molecule has 2 N–H and O–H groups in total. The molecule has 0 heterocycles. The molecule has 0 atom stereocenters. The number of hydrogen-bond donors (Lipinski definition) is 2. The van der Waals surface area contributed by atoms with Gasteiger partial charge < -0.3 is 15.5 Å². The van der Waals surface area contributed by atoms with E-state index in [0.29, 0.717) is 26.1 Å². The lowest BCUT2D eigenvalue weighted by Crippen LogP contribution is -2.40. The van der Waals surface area contributed by atoms with Gasteiger partial charge in [0.05, 0.1) is 6.54 Å². The number of amides is 2. The van der Waals surface area contributed by atoms with Gasteiger partial charge in [-0.2, -0.15) is 0 Å². The zero-order chi connectivity index (χ0) is 14.8. The van der Waals surface area contributed by atoms with Crippen molar-refractivity contribution in [3.63, 3.8) is 0 Å².